The van der Waals surface area contributed by atoms with Gasteiger partial charge in [0.1, 0.15) is 18.0 Å². The molecule has 3 rings (SSSR count). The Hall–Kier alpha value is -2.48. The lowest BCUT2D eigenvalue weighted by molar-refractivity contribution is 0.0917. The summed E-state index contributed by atoms with van der Waals surface area (Å²) in [4.78, 5) is 18.6. The first kappa shape index (κ1) is 17.3. The van der Waals surface area contributed by atoms with Gasteiger partial charge in [-0.3, -0.25) is 4.79 Å². The number of carbonyl (C=O) groups excluding carboxylic acids is 1. The van der Waals surface area contributed by atoms with Crippen molar-refractivity contribution in [2.24, 2.45) is 13.0 Å². The number of hydrogen-bond acceptors (Lipinski definition) is 6. The van der Waals surface area contributed by atoms with Crippen molar-refractivity contribution >= 4 is 11.7 Å². The van der Waals surface area contributed by atoms with Gasteiger partial charge < -0.3 is 19.9 Å². The van der Waals surface area contributed by atoms with Crippen LogP contribution in [0, 0.1) is 5.92 Å². The number of aromatic nitrogens is 4. The average molecular weight is 344 g/mol. The Kier molecular flexibility index (Phi) is 4.98. The van der Waals surface area contributed by atoms with Gasteiger partial charge >= 0.3 is 0 Å². The van der Waals surface area contributed by atoms with Crippen molar-refractivity contribution in [1.29, 1.82) is 0 Å². The normalized spacial score (nSPS) is 22.8. The van der Waals surface area contributed by atoms with E-state index in [0.717, 1.165) is 12.2 Å². The van der Waals surface area contributed by atoms with Gasteiger partial charge in [0.25, 0.3) is 5.91 Å². The first-order chi connectivity index (χ1) is 12.0. The number of aryl methyl sites for hydroxylation is 1. The molecule has 2 heterocycles. The summed E-state index contributed by atoms with van der Waals surface area (Å²) in [5, 5.41) is 21.3. The van der Waals surface area contributed by atoms with Crippen LogP contribution >= 0.6 is 0 Å². The van der Waals surface area contributed by atoms with Gasteiger partial charge in [-0.1, -0.05) is 0 Å². The minimum atomic E-state index is -0.454. The zero-order valence-electron chi connectivity index (χ0n) is 14.8. The highest BCUT2D eigenvalue weighted by Gasteiger charge is 2.36. The lowest BCUT2D eigenvalue weighted by atomic mass is 10.0. The SMILES string of the molecule is CN(C)c1ncccc1C(=O)NC[C@H]1C[C@H](c2nncn2C)C[C@H]1O. The van der Waals surface area contributed by atoms with Crippen LogP contribution in [-0.4, -0.2) is 57.5 Å². The number of aliphatic hydroxyl groups is 1. The molecule has 0 radical (unpaired) electrons. The standard InChI is InChI=1S/C17H24N6O2/c1-22(2)16-13(5-4-6-18-16)17(25)19-9-12-7-11(8-14(12)24)15-21-20-10-23(15)3/h4-6,10-12,14,24H,7-9H2,1-3H3,(H,19,25)/t11-,12+,14+/m0/s1. The van der Waals surface area contributed by atoms with E-state index in [9.17, 15) is 9.90 Å². The number of rotatable bonds is 5. The van der Waals surface area contributed by atoms with Gasteiger partial charge in [0.2, 0.25) is 0 Å². The van der Waals surface area contributed by atoms with Crippen LogP contribution in [0.25, 0.3) is 0 Å². The molecule has 3 atom stereocenters. The molecule has 1 saturated carbocycles. The molecule has 2 aromatic rings. The monoisotopic (exact) mass is 344 g/mol. The number of aliphatic hydroxyl groups excluding tert-OH is 1. The maximum absolute atomic E-state index is 12.5. The van der Waals surface area contributed by atoms with Crippen LogP contribution in [0.1, 0.15) is 34.9 Å². The minimum absolute atomic E-state index is 0.00475. The fourth-order valence-electron chi connectivity index (χ4n) is 3.44. The molecule has 134 valence electrons. The Balaban J connectivity index is 1.62. The Morgan fingerprint density at radius 1 is 1.44 bits per heavy atom. The van der Waals surface area contributed by atoms with Crippen molar-refractivity contribution in [3.05, 3.63) is 36.0 Å². The second kappa shape index (κ2) is 7.18. The fourth-order valence-corrected chi connectivity index (χ4v) is 3.44. The van der Waals surface area contributed by atoms with Crippen LogP contribution in [0.2, 0.25) is 0 Å². The Morgan fingerprint density at radius 3 is 2.92 bits per heavy atom. The third-order valence-electron chi connectivity index (χ3n) is 4.75. The molecule has 8 heteroatoms. The number of carbonyl (C=O) groups is 1. The third-order valence-corrected chi connectivity index (χ3v) is 4.75. The largest absolute Gasteiger partial charge is 0.393 e. The van der Waals surface area contributed by atoms with Gasteiger partial charge in [-0.15, -0.1) is 10.2 Å². The molecular formula is C17H24N6O2. The smallest absolute Gasteiger partial charge is 0.255 e. The van der Waals surface area contributed by atoms with E-state index in [1.165, 1.54) is 0 Å². The van der Waals surface area contributed by atoms with Gasteiger partial charge in [0.05, 0.1) is 11.7 Å². The highest BCUT2D eigenvalue weighted by atomic mass is 16.3. The second-order valence-corrected chi connectivity index (χ2v) is 6.77. The van der Waals surface area contributed by atoms with Crippen molar-refractivity contribution < 1.29 is 9.90 Å². The maximum Gasteiger partial charge on any atom is 0.255 e. The summed E-state index contributed by atoms with van der Waals surface area (Å²) >= 11 is 0. The second-order valence-electron chi connectivity index (χ2n) is 6.77. The van der Waals surface area contributed by atoms with Gasteiger partial charge in [0, 0.05) is 45.7 Å². The molecule has 1 fully saturated rings. The molecule has 0 aromatic carbocycles. The van der Waals surface area contributed by atoms with Gasteiger partial charge in [-0.25, -0.2) is 4.98 Å². The fraction of sp³-hybridized carbons (Fsp3) is 0.529. The van der Waals surface area contributed by atoms with E-state index in [1.54, 1.807) is 24.7 Å². The van der Waals surface area contributed by atoms with E-state index in [1.807, 2.05) is 30.6 Å². The highest BCUT2D eigenvalue weighted by Crippen LogP contribution is 2.37. The Morgan fingerprint density at radius 2 is 2.24 bits per heavy atom. The zero-order valence-corrected chi connectivity index (χ0v) is 14.8. The van der Waals surface area contributed by atoms with E-state index in [0.29, 0.717) is 24.3 Å². The summed E-state index contributed by atoms with van der Waals surface area (Å²) in [6.07, 6.45) is 4.30. The first-order valence-corrected chi connectivity index (χ1v) is 8.40. The maximum atomic E-state index is 12.5. The van der Waals surface area contributed by atoms with E-state index in [2.05, 4.69) is 20.5 Å². The van der Waals surface area contributed by atoms with Crippen LogP contribution in [0.3, 0.4) is 0 Å². The summed E-state index contributed by atoms with van der Waals surface area (Å²) in [6, 6.07) is 3.50. The lowest BCUT2D eigenvalue weighted by Crippen LogP contribution is -2.33. The predicted molar refractivity (Wildman–Crippen MR) is 93.4 cm³/mol. The predicted octanol–water partition coefficient (Wildman–Crippen LogP) is 0.561. The van der Waals surface area contributed by atoms with Crippen molar-refractivity contribution in [2.45, 2.75) is 24.9 Å². The summed E-state index contributed by atoms with van der Waals surface area (Å²) in [5.74, 6) is 1.51. The summed E-state index contributed by atoms with van der Waals surface area (Å²) in [7, 11) is 5.61. The molecule has 2 aromatic heterocycles. The van der Waals surface area contributed by atoms with Crippen LogP contribution < -0.4 is 10.2 Å². The zero-order chi connectivity index (χ0) is 18.0. The van der Waals surface area contributed by atoms with Crippen LogP contribution in [0.15, 0.2) is 24.7 Å². The van der Waals surface area contributed by atoms with E-state index in [4.69, 9.17) is 0 Å². The molecule has 0 saturated heterocycles. The summed E-state index contributed by atoms with van der Waals surface area (Å²) < 4.78 is 1.89. The molecule has 0 spiro atoms. The topological polar surface area (TPSA) is 96.2 Å². The molecular weight excluding hydrogens is 320 g/mol. The van der Waals surface area contributed by atoms with Crippen LogP contribution in [0.5, 0.6) is 0 Å². The van der Waals surface area contributed by atoms with Gasteiger partial charge in [-0.05, 0) is 25.0 Å². The average Bonchev–Trinajstić information content (AvgIpc) is 3.18. The molecule has 1 aliphatic carbocycles. The quantitative estimate of drug-likeness (QED) is 0.823. The molecule has 0 bridgehead atoms. The van der Waals surface area contributed by atoms with Crippen molar-refractivity contribution in [3.8, 4) is 0 Å². The number of pyridine rings is 1. The first-order valence-electron chi connectivity index (χ1n) is 8.40. The van der Waals surface area contributed by atoms with Crippen LogP contribution in [-0.2, 0) is 7.05 Å². The Bertz CT molecular complexity index is 744. The molecule has 1 amide bonds. The Labute approximate surface area is 146 Å². The molecule has 2 N–H and O–H groups in total. The van der Waals surface area contributed by atoms with Gasteiger partial charge in [-0.2, -0.15) is 0 Å². The van der Waals surface area contributed by atoms with E-state index >= 15 is 0 Å². The van der Waals surface area contributed by atoms with Crippen molar-refractivity contribution in [1.82, 2.24) is 25.1 Å². The minimum Gasteiger partial charge on any atom is -0.393 e. The number of anilines is 1. The number of nitrogens with one attached hydrogen (secondary N) is 1. The molecule has 1 aliphatic rings. The molecule has 25 heavy (non-hydrogen) atoms. The summed E-state index contributed by atoms with van der Waals surface area (Å²) in [5.41, 5.74) is 0.532. The number of amides is 1. The van der Waals surface area contributed by atoms with Crippen molar-refractivity contribution in [2.75, 3.05) is 25.5 Å². The van der Waals surface area contributed by atoms with E-state index < -0.39 is 6.10 Å². The van der Waals surface area contributed by atoms with Crippen LogP contribution in [0.4, 0.5) is 5.82 Å². The number of nitrogens with zero attached hydrogens (tertiary/aromatic N) is 5. The molecule has 0 aliphatic heterocycles. The van der Waals surface area contributed by atoms with Crippen molar-refractivity contribution in [3.63, 3.8) is 0 Å². The van der Waals surface area contributed by atoms with E-state index in [-0.39, 0.29) is 17.7 Å². The third kappa shape index (κ3) is 3.63. The molecule has 0 unspecified atom stereocenters. The number of hydrogen-bond donors (Lipinski definition) is 2. The molecule has 8 nitrogen and oxygen atoms in total. The highest BCUT2D eigenvalue weighted by molar-refractivity contribution is 5.98. The lowest BCUT2D eigenvalue weighted by Gasteiger charge is -2.18. The van der Waals surface area contributed by atoms with Gasteiger partial charge in [0.15, 0.2) is 0 Å². The summed E-state index contributed by atoms with van der Waals surface area (Å²) in [6.45, 7) is 0.427.